The molecule has 2 N–H and O–H groups in total. The standard InChI is InChI=1S/C19H25N3O5/c1-26-14-5-6-15(27-2)13(11-14)12-20-16(23)7-10-22-17(24)19(21-18(22)25)8-3-4-9-19/h5-6,11H,3-4,7-10,12H2,1-2H3,(H,20,23)(H,21,25). The van der Waals surface area contributed by atoms with Crippen molar-refractivity contribution in [3.8, 4) is 11.5 Å². The number of benzene rings is 1. The molecule has 0 radical (unpaired) electrons. The molecule has 8 nitrogen and oxygen atoms in total. The summed E-state index contributed by atoms with van der Waals surface area (Å²) in [6, 6.07) is 4.94. The van der Waals surface area contributed by atoms with E-state index in [-0.39, 0.29) is 31.3 Å². The number of nitrogens with zero attached hydrogens (tertiary/aromatic N) is 1. The molecule has 0 unspecified atom stereocenters. The van der Waals surface area contributed by atoms with E-state index in [0.717, 1.165) is 23.3 Å². The number of ether oxygens (including phenoxy) is 2. The average Bonchev–Trinajstić information content (AvgIpc) is 3.23. The summed E-state index contributed by atoms with van der Waals surface area (Å²) in [4.78, 5) is 38.1. The van der Waals surface area contributed by atoms with Crippen LogP contribution in [0.5, 0.6) is 11.5 Å². The summed E-state index contributed by atoms with van der Waals surface area (Å²) in [6.07, 6.45) is 3.28. The Morgan fingerprint density at radius 1 is 1.22 bits per heavy atom. The molecule has 1 aliphatic heterocycles. The number of carbonyl (C=O) groups excluding carboxylic acids is 3. The second-order valence-corrected chi connectivity index (χ2v) is 6.88. The molecule has 1 aromatic carbocycles. The van der Waals surface area contributed by atoms with E-state index >= 15 is 0 Å². The maximum absolute atomic E-state index is 12.6. The first-order chi connectivity index (χ1) is 13.0. The maximum Gasteiger partial charge on any atom is 0.325 e. The highest BCUT2D eigenvalue weighted by molar-refractivity contribution is 6.07. The van der Waals surface area contributed by atoms with E-state index in [9.17, 15) is 14.4 Å². The number of nitrogens with one attached hydrogen (secondary N) is 2. The first-order valence-corrected chi connectivity index (χ1v) is 9.11. The number of rotatable bonds is 7. The van der Waals surface area contributed by atoms with Crippen LogP contribution in [0.3, 0.4) is 0 Å². The molecule has 2 fully saturated rings. The largest absolute Gasteiger partial charge is 0.497 e. The minimum absolute atomic E-state index is 0.0571. The molecule has 1 heterocycles. The van der Waals surface area contributed by atoms with Crippen molar-refractivity contribution in [2.75, 3.05) is 20.8 Å². The minimum Gasteiger partial charge on any atom is -0.497 e. The third-order valence-corrected chi connectivity index (χ3v) is 5.23. The van der Waals surface area contributed by atoms with Crippen LogP contribution in [0.4, 0.5) is 4.79 Å². The van der Waals surface area contributed by atoms with Crippen LogP contribution < -0.4 is 20.1 Å². The van der Waals surface area contributed by atoms with E-state index in [4.69, 9.17) is 9.47 Å². The lowest BCUT2D eigenvalue weighted by molar-refractivity contribution is -0.131. The number of imide groups is 1. The molecule has 0 bridgehead atoms. The number of hydrogen-bond acceptors (Lipinski definition) is 5. The lowest BCUT2D eigenvalue weighted by Gasteiger charge is -2.19. The van der Waals surface area contributed by atoms with Crippen molar-refractivity contribution in [1.82, 2.24) is 15.5 Å². The van der Waals surface area contributed by atoms with Crippen molar-refractivity contribution in [3.63, 3.8) is 0 Å². The van der Waals surface area contributed by atoms with Gasteiger partial charge in [-0.25, -0.2) is 4.79 Å². The molecule has 1 aromatic rings. The fourth-order valence-electron chi connectivity index (χ4n) is 3.71. The van der Waals surface area contributed by atoms with E-state index in [2.05, 4.69) is 10.6 Å². The maximum atomic E-state index is 12.6. The molecule has 4 amide bonds. The van der Waals surface area contributed by atoms with Gasteiger partial charge in [0.15, 0.2) is 0 Å². The van der Waals surface area contributed by atoms with Crippen LogP contribution in [-0.4, -0.2) is 49.0 Å². The molecule has 0 aromatic heterocycles. The van der Waals surface area contributed by atoms with Crippen LogP contribution in [-0.2, 0) is 16.1 Å². The topological polar surface area (TPSA) is 97.0 Å². The molecule has 0 atom stereocenters. The quantitative estimate of drug-likeness (QED) is 0.705. The highest BCUT2D eigenvalue weighted by Gasteiger charge is 2.52. The molecule has 1 saturated carbocycles. The van der Waals surface area contributed by atoms with Crippen molar-refractivity contribution >= 4 is 17.8 Å². The van der Waals surface area contributed by atoms with Crippen LogP contribution in [0.1, 0.15) is 37.7 Å². The van der Waals surface area contributed by atoms with E-state index in [1.807, 2.05) is 0 Å². The summed E-state index contributed by atoms with van der Waals surface area (Å²) in [5.74, 6) is 0.870. The summed E-state index contributed by atoms with van der Waals surface area (Å²) in [5, 5.41) is 5.61. The Balaban J connectivity index is 1.53. The van der Waals surface area contributed by atoms with Crippen molar-refractivity contribution < 1.29 is 23.9 Å². The summed E-state index contributed by atoms with van der Waals surface area (Å²) in [7, 11) is 3.13. The Kier molecular flexibility index (Phi) is 5.53. The van der Waals surface area contributed by atoms with Gasteiger partial charge in [-0.05, 0) is 31.0 Å². The molecular weight excluding hydrogens is 350 g/mol. The average molecular weight is 375 g/mol. The summed E-state index contributed by atoms with van der Waals surface area (Å²) >= 11 is 0. The van der Waals surface area contributed by atoms with Crippen LogP contribution in [0.15, 0.2) is 18.2 Å². The molecule has 146 valence electrons. The second kappa shape index (κ2) is 7.85. The van der Waals surface area contributed by atoms with Crippen LogP contribution >= 0.6 is 0 Å². The number of carbonyl (C=O) groups is 3. The van der Waals surface area contributed by atoms with Gasteiger partial charge in [0, 0.05) is 25.1 Å². The minimum atomic E-state index is -0.735. The second-order valence-electron chi connectivity index (χ2n) is 6.88. The number of amides is 4. The predicted molar refractivity (Wildman–Crippen MR) is 97.5 cm³/mol. The van der Waals surface area contributed by atoms with E-state index in [0.29, 0.717) is 24.3 Å². The summed E-state index contributed by atoms with van der Waals surface area (Å²) in [6.45, 7) is 0.344. The monoisotopic (exact) mass is 375 g/mol. The molecule has 1 aliphatic carbocycles. The van der Waals surface area contributed by atoms with Gasteiger partial charge >= 0.3 is 6.03 Å². The van der Waals surface area contributed by atoms with Gasteiger partial charge in [-0.3, -0.25) is 14.5 Å². The molecule has 1 spiro atoms. The van der Waals surface area contributed by atoms with Crippen LogP contribution in [0.25, 0.3) is 0 Å². The van der Waals surface area contributed by atoms with Gasteiger partial charge in [0.05, 0.1) is 14.2 Å². The Labute approximate surface area is 158 Å². The van der Waals surface area contributed by atoms with Gasteiger partial charge in [-0.1, -0.05) is 12.8 Å². The van der Waals surface area contributed by atoms with Gasteiger partial charge in [0.2, 0.25) is 5.91 Å². The fraction of sp³-hybridized carbons (Fsp3) is 0.526. The SMILES string of the molecule is COc1ccc(OC)c(CNC(=O)CCN2C(=O)NC3(CCCC3)C2=O)c1. The Morgan fingerprint density at radius 2 is 1.96 bits per heavy atom. The van der Waals surface area contributed by atoms with Crippen LogP contribution in [0.2, 0.25) is 0 Å². The molecule has 2 aliphatic rings. The molecule has 1 saturated heterocycles. The molecular formula is C19H25N3O5. The number of methoxy groups -OCH3 is 2. The van der Waals surface area contributed by atoms with Gasteiger partial charge in [-0.15, -0.1) is 0 Å². The zero-order valence-electron chi connectivity index (χ0n) is 15.7. The highest BCUT2D eigenvalue weighted by Crippen LogP contribution is 2.35. The lowest BCUT2D eigenvalue weighted by Crippen LogP contribution is -2.44. The first kappa shape index (κ1) is 19.0. The molecule has 8 heteroatoms. The summed E-state index contributed by atoms with van der Waals surface area (Å²) < 4.78 is 10.5. The lowest BCUT2D eigenvalue weighted by atomic mass is 9.98. The van der Waals surface area contributed by atoms with Gasteiger partial charge in [0.25, 0.3) is 5.91 Å². The molecule has 3 rings (SSSR count). The predicted octanol–water partition coefficient (Wildman–Crippen LogP) is 1.57. The fourth-order valence-corrected chi connectivity index (χ4v) is 3.71. The third kappa shape index (κ3) is 3.84. The first-order valence-electron chi connectivity index (χ1n) is 9.11. The zero-order chi connectivity index (χ0) is 19.4. The van der Waals surface area contributed by atoms with E-state index < -0.39 is 11.6 Å². The number of urea groups is 1. The van der Waals surface area contributed by atoms with Crippen molar-refractivity contribution in [3.05, 3.63) is 23.8 Å². The van der Waals surface area contributed by atoms with Crippen molar-refractivity contribution in [1.29, 1.82) is 0 Å². The Morgan fingerprint density at radius 3 is 2.63 bits per heavy atom. The van der Waals surface area contributed by atoms with E-state index in [1.54, 1.807) is 32.4 Å². The smallest absolute Gasteiger partial charge is 0.325 e. The summed E-state index contributed by atoms with van der Waals surface area (Å²) in [5.41, 5.74) is 0.0479. The zero-order valence-corrected chi connectivity index (χ0v) is 15.7. The Bertz CT molecular complexity index is 743. The molecule has 27 heavy (non-hydrogen) atoms. The third-order valence-electron chi connectivity index (χ3n) is 5.23. The Hall–Kier alpha value is -2.77. The van der Waals surface area contributed by atoms with E-state index in [1.165, 1.54) is 0 Å². The van der Waals surface area contributed by atoms with Crippen LogP contribution in [0, 0.1) is 0 Å². The number of hydrogen-bond donors (Lipinski definition) is 2. The van der Waals surface area contributed by atoms with Gasteiger partial charge < -0.3 is 20.1 Å². The highest BCUT2D eigenvalue weighted by atomic mass is 16.5. The van der Waals surface area contributed by atoms with Crippen molar-refractivity contribution in [2.45, 2.75) is 44.2 Å². The normalized spacial score (nSPS) is 17.9. The van der Waals surface area contributed by atoms with Crippen molar-refractivity contribution in [2.24, 2.45) is 0 Å². The van der Waals surface area contributed by atoms with Gasteiger partial charge in [0.1, 0.15) is 17.0 Å². The van der Waals surface area contributed by atoms with Gasteiger partial charge in [-0.2, -0.15) is 0 Å².